The molecule has 0 fully saturated rings. The smallest absolute Gasteiger partial charge is 0.182 e. The van der Waals surface area contributed by atoms with Crippen LogP contribution in [0.1, 0.15) is 40.5 Å². The van der Waals surface area contributed by atoms with Crippen LogP contribution in [-0.4, -0.2) is 11.6 Å². The fraction of sp³-hybridized carbons (Fsp3) is 0.375. The molecule has 2 heteroatoms. The summed E-state index contributed by atoms with van der Waals surface area (Å²) in [5, 5.41) is 0. The summed E-state index contributed by atoms with van der Waals surface area (Å²) in [6, 6.07) is 0. The van der Waals surface area contributed by atoms with Crippen molar-refractivity contribution in [1.82, 2.24) is 0 Å². The second kappa shape index (κ2) is 6.29. The lowest BCUT2D eigenvalue weighted by Gasteiger charge is -2.10. The minimum atomic E-state index is -0.0377. The van der Waals surface area contributed by atoms with Crippen molar-refractivity contribution in [2.75, 3.05) is 0 Å². The minimum Gasteiger partial charge on any atom is -0.290 e. The zero-order chi connectivity index (χ0) is 13.7. The minimum absolute atomic E-state index is 0.0377. The second-order valence-corrected chi connectivity index (χ2v) is 5.04. The Morgan fingerprint density at radius 3 is 1.44 bits per heavy atom. The van der Waals surface area contributed by atoms with Gasteiger partial charge in [0.1, 0.15) is 0 Å². The summed E-state index contributed by atoms with van der Waals surface area (Å²) in [6.45, 7) is 7.91. The lowest BCUT2D eigenvalue weighted by Crippen LogP contribution is -2.12. The molecule has 0 saturated heterocycles. The van der Waals surface area contributed by atoms with Crippen molar-refractivity contribution in [1.29, 1.82) is 0 Å². The SMILES string of the molecule is CC(C)=CCC1=CC(=O)C(CC=C(C)C)=CC1=O. The zero-order valence-electron chi connectivity index (χ0n) is 11.5. The van der Waals surface area contributed by atoms with Crippen LogP contribution in [0.15, 0.2) is 46.6 Å². The molecule has 0 aromatic heterocycles. The first kappa shape index (κ1) is 14.4. The first-order chi connectivity index (χ1) is 8.40. The molecule has 1 aliphatic carbocycles. The molecule has 0 bridgehead atoms. The maximum Gasteiger partial charge on any atom is 0.182 e. The predicted octanol–water partition coefficient (Wildman–Crippen LogP) is 3.70. The van der Waals surface area contributed by atoms with Crippen LogP contribution in [0.5, 0.6) is 0 Å². The van der Waals surface area contributed by atoms with Gasteiger partial charge >= 0.3 is 0 Å². The van der Waals surface area contributed by atoms with Crippen LogP contribution in [0.25, 0.3) is 0 Å². The third-order valence-electron chi connectivity index (χ3n) is 2.70. The highest BCUT2D eigenvalue weighted by atomic mass is 16.1. The fourth-order valence-electron chi connectivity index (χ4n) is 1.59. The van der Waals surface area contributed by atoms with Gasteiger partial charge in [-0.3, -0.25) is 9.59 Å². The van der Waals surface area contributed by atoms with Gasteiger partial charge in [-0.2, -0.15) is 0 Å². The number of allylic oxidation sites excluding steroid dienone is 8. The predicted molar refractivity (Wildman–Crippen MR) is 74.3 cm³/mol. The summed E-state index contributed by atoms with van der Waals surface area (Å²) in [4.78, 5) is 23.7. The molecule has 0 spiro atoms. The first-order valence-corrected chi connectivity index (χ1v) is 6.16. The van der Waals surface area contributed by atoms with Crippen LogP contribution in [0.3, 0.4) is 0 Å². The monoisotopic (exact) mass is 244 g/mol. The molecular formula is C16H20O2. The Balaban J connectivity index is 2.80. The number of hydrogen-bond donors (Lipinski definition) is 0. The van der Waals surface area contributed by atoms with Gasteiger partial charge < -0.3 is 0 Å². The quantitative estimate of drug-likeness (QED) is 0.558. The van der Waals surface area contributed by atoms with E-state index in [4.69, 9.17) is 0 Å². The van der Waals surface area contributed by atoms with E-state index in [1.807, 2.05) is 39.8 Å². The summed E-state index contributed by atoms with van der Waals surface area (Å²) >= 11 is 0. The highest BCUT2D eigenvalue weighted by Crippen LogP contribution is 2.18. The molecule has 1 aliphatic rings. The van der Waals surface area contributed by atoms with Gasteiger partial charge in [0.2, 0.25) is 0 Å². The van der Waals surface area contributed by atoms with Crippen LogP contribution >= 0.6 is 0 Å². The molecule has 0 unspecified atom stereocenters. The molecule has 0 heterocycles. The van der Waals surface area contributed by atoms with Gasteiger partial charge in [-0.15, -0.1) is 0 Å². The van der Waals surface area contributed by atoms with Crippen molar-refractivity contribution in [3.63, 3.8) is 0 Å². The Labute approximate surface area is 109 Å². The number of ketones is 2. The number of carbonyl (C=O) groups is 2. The van der Waals surface area contributed by atoms with Crippen molar-refractivity contribution < 1.29 is 9.59 Å². The molecule has 1 rings (SSSR count). The Morgan fingerprint density at radius 1 is 0.833 bits per heavy atom. The normalized spacial score (nSPS) is 14.9. The topological polar surface area (TPSA) is 34.1 Å². The molecule has 0 N–H and O–H groups in total. The van der Waals surface area contributed by atoms with E-state index >= 15 is 0 Å². The third kappa shape index (κ3) is 4.28. The van der Waals surface area contributed by atoms with E-state index in [-0.39, 0.29) is 11.6 Å². The summed E-state index contributed by atoms with van der Waals surface area (Å²) in [6.07, 6.45) is 7.97. The Hall–Kier alpha value is -1.70. The van der Waals surface area contributed by atoms with Gasteiger partial charge in [-0.1, -0.05) is 23.3 Å². The average Bonchev–Trinajstić information content (AvgIpc) is 2.27. The summed E-state index contributed by atoms with van der Waals surface area (Å²) in [5.74, 6) is -0.0755. The molecule has 2 nitrogen and oxygen atoms in total. The van der Waals surface area contributed by atoms with Crippen LogP contribution in [0.4, 0.5) is 0 Å². The average molecular weight is 244 g/mol. The highest BCUT2D eigenvalue weighted by molar-refractivity contribution is 6.20. The Bertz CT molecular complexity index is 431. The first-order valence-electron chi connectivity index (χ1n) is 6.16. The van der Waals surface area contributed by atoms with E-state index in [2.05, 4.69) is 0 Å². The molecule has 0 amide bonds. The number of carbonyl (C=O) groups excluding carboxylic acids is 2. The second-order valence-electron chi connectivity index (χ2n) is 5.04. The summed E-state index contributed by atoms with van der Waals surface area (Å²) in [7, 11) is 0. The largest absolute Gasteiger partial charge is 0.290 e. The Kier molecular flexibility index (Phi) is 5.02. The van der Waals surface area contributed by atoms with Crippen molar-refractivity contribution in [2.24, 2.45) is 0 Å². The van der Waals surface area contributed by atoms with Gasteiger partial charge in [0.15, 0.2) is 11.6 Å². The lowest BCUT2D eigenvalue weighted by atomic mass is 9.92. The van der Waals surface area contributed by atoms with Crippen molar-refractivity contribution >= 4 is 11.6 Å². The van der Waals surface area contributed by atoms with E-state index in [9.17, 15) is 9.59 Å². The van der Waals surface area contributed by atoms with E-state index < -0.39 is 0 Å². The van der Waals surface area contributed by atoms with Gasteiger partial charge in [-0.25, -0.2) is 0 Å². The Morgan fingerprint density at radius 2 is 1.17 bits per heavy atom. The lowest BCUT2D eigenvalue weighted by molar-refractivity contribution is -0.115. The zero-order valence-corrected chi connectivity index (χ0v) is 11.5. The van der Waals surface area contributed by atoms with Gasteiger partial charge in [0.05, 0.1) is 0 Å². The third-order valence-corrected chi connectivity index (χ3v) is 2.70. The molecule has 0 atom stereocenters. The molecule has 0 aliphatic heterocycles. The summed E-state index contributed by atoms with van der Waals surface area (Å²) < 4.78 is 0. The maximum atomic E-state index is 11.9. The molecular weight excluding hydrogens is 224 g/mol. The van der Waals surface area contributed by atoms with E-state index in [0.29, 0.717) is 24.0 Å². The molecule has 0 aromatic carbocycles. The molecule has 0 saturated carbocycles. The van der Waals surface area contributed by atoms with Crippen LogP contribution in [-0.2, 0) is 9.59 Å². The standard InChI is InChI=1S/C16H20O2/c1-11(2)5-7-13-9-16(18)14(10-15(13)17)8-6-12(3)4/h5-6,9-10H,7-8H2,1-4H3. The molecule has 18 heavy (non-hydrogen) atoms. The van der Waals surface area contributed by atoms with Crippen LogP contribution < -0.4 is 0 Å². The van der Waals surface area contributed by atoms with Gasteiger partial charge in [0, 0.05) is 11.1 Å². The maximum absolute atomic E-state index is 11.9. The van der Waals surface area contributed by atoms with Gasteiger partial charge in [0.25, 0.3) is 0 Å². The van der Waals surface area contributed by atoms with Crippen LogP contribution in [0, 0.1) is 0 Å². The fourth-order valence-corrected chi connectivity index (χ4v) is 1.59. The van der Waals surface area contributed by atoms with E-state index in [0.717, 1.165) is 11.1 Å². The van der Waals surface area contributed by atoms with E-state index in [1.165, 1.54) is 12.2 Å². The van der Waals surface area contributed by atoms with Gasteiger partial charge in [-0.05, 0) is 52.7 Å². The molecule has 0 aromatic rings. The summed E-state index contributed by atoms with van der Waals surface area (Å²) in [5.41, 5.74) is 3.47. The van der Waals surface area contributed by atoms with Crippen molar-refractivity contribution in [3.8, 4) is 0 Å². The number of hydrogen-bond acceptors (Lipinski definition) is 2. The number of rotatable bonds is 4. The van der Waals surface area contributed by atoms with Crippen molar-refractivity contribution in [3.05, 3.63) is 46.6 Å². The van der Waals surface area contributed by atoms with Crippen molar-refractivity contribution in [2.45, 2.75) is 40.5 Å². The molecule has 96 valence electrons. The van der Waals surface area contributed by atoms with E-state index in [1.54, 1.807) is 0 Å². The van der Waals surface area contributed by atoms with Crippen LogP contribution in [0.2, 0.25) is 0 Å². The highest BCUT2D eigenvalue weighted by Gasteiger charge is 2.18. The molecule has 0 radical (unpaired) electrons.